The number of hydrogen-bond donors (Lipinski definition) is 3. The van der Waals surface area contributed by atoms with Gasteiger partial charge in [0.05, 0.1) is 5.69 Å². The van der Waals surface area contributed by atoms with Crippen molar-refractivity contribution >= 4 is 12.2 Å². The number of rotatable bonds is 6. The Hall–Kier alpha value is -1.76. The van der Waals surface area contributed by atoms with E-state index in [0.29, 0.717) is 16.9 Å². The fourth-order valence-corrected chi connectivity index (χ4v) is 2.24. The van der Waals surface area contributed by atoms with Gasteiger partial charge in [0, 0.05) is 17.6 Å². The van der Waals surface area contributed by atoms with E-state index in [2.05, 4.69) is 36.3 Å². The van der Waals surface area contributed by atoms with Crippen molar-refractivity contribution in [1.82, 2.24) is 15.5 Å². The average molecular weight is 347 g/mol. The Bertz CT molecular complexity index is 717. The Kier molecular flexibility index (Phi) is 6.10. The first kappa shape index (κ1) is 18.6. The van der Waals surface area contributed by atoms with Gasteiger partial charge in [-0.05, 0) is 57.5 Å². The summed E-state index contributed by atoms with van der Waals surface area (Å²) >= 11 is 5.03. The number of H-pyrrole nitrogens is 1. The van der Waals surface area contributed by atoms with E-state index in [9.17, 15) is 5.11 Å². The molecule has 1 unspecified atom stereocenters. The molecule has 2 aromatic rings. The zero-order valence-electron chi connectivity index (χ0n) is 14.6. The first-order valence-electron chi connectivity index (χ1n) is 7.97. The maximum absolute atomic E-state index is 10.1. The van der Waals surface area contributed by atoms with Gasteiger partial charge < -0.3 is 15.2 Å². The van der Waals surface area contributed by atoms with Crippen molar-refractivity contribution in [3.05, 3.63) is 40.5 Å². The minimum Gasteiger partial charge on any atom is -0.490 e. The standard InChI is InChI=1S/C18H25N3O2S/c1-12-5-6-14(15-7-8-17(24)21-20-15)16(9-12)23-11-13(22)10-19-18(2,3)4/h5-9,13,19,22H,10-11H2,1-4H3,(H,21,24). The lowest BCUT2D eigenvalue weighted by molar-refractivity contribution is 0.100. The van der Waals surface area contributed by atoms with Crippen LogP contribution in [0, 0.1) is 11.6 Å². The Morgan fingerprint density at radius 2 is 2.04 bits per heavy atom. The van der Waals surface area contributed by atoms with Crippen LogP contribution < -0.4 is 10.1 Å². The number of aromatic amines is 1. The van der Waals surface area contributed by atoms with Crippen molar-refractivity contribution in [2.24, 2.45) is 0 Å². The highest BCUT2D eigenvalue weighted by Crippen LogP contribution is 2.29. The second-order valence-corrected chi connectivity index (χ2v) is 7.34. The lowest BCUT2D eigenvalue weighted by Gasteiger charge is -2.23. The second-order valence-electron chi connectivity index (χ2n) is 6.90. The Labute approximate surface area is 148 Å². The first-order chi connectivity index (χ1) is 11.2. The third-order valence-corrected chi connectivity index (χ3v) is 3.62. The topological polar surface area (TPSA) is 70.2 Å². The molecule has 0 amide bonds. The molecule has 0 aliphatic rings. The minimum absolute atomic E-state index is 0.0405. The van der Waals surface area contributed by atoms with Gasteiger partial charge in [-0.25, -0.2) is 0 Å². The molecule has 0 aliphatic carbocycles. The van der Waals surface area contributed by atoms with Crippen LogP contribution in [0.2, 0.25) is 0 Å². The fourth-order valence-electron chi connectivity index (χ4n) is 2.12. The van der Waals surface area contributed by atoms with E-state index in [1.165, 1.54) is 0 Å². The predicted molar refractivity (Wildman–Crippen MR) is 98.9 cm³/mol. The first-order valence-corrected chi connectivity index (χ1v) is 8.38. The van der Waals surface area contributed by atoms with Crippen LogP contribution in [0.1, 0.15) is 26.3 Å². The highest BCUT2D eigenvalue weighted by atomic mass is 32.1. The molecule has 0 saturated heterocycles. The van der Waals surface area contributed by atoms with Crippen LogP contribution in [0.15, 0.2) is 30.3 Å². The van der Waals surface area contributed by atoms with Crippen LogP contribution in [-0.4, -0.2) is 40.1 Å². The number of ether oxygens (including phenoxy) is 1. The summed E-state index contributed by atoms with van der Waals surface area (Å²) in [5.74, 6) is 0.697. The summed E-state index contributed by atoms with van der Waals surface area (Å²) in [5, 5.41) is 20.4. The number of aliphatic hydroxyl groups excluding tert-OH is 1. The SMILES string of the molecule is Cc1ccc(-c2ccc(=S)[nH]n2)c(OCC(O)CNC(C)(C)C)c1. The van der Waals surface area contributed by atoms with Crippen LogP contribution in [0.4, 0.5) is 0 Å². The van der Waals surface area contributed by atoms with Gasteiger partial charge in [-0.3, -0.25) is 5.10 Å². The van der Waals surface area contributed by atoms with Crippen LogP contribution in [0.25, 0.3) is 11.3 Å². The summed E-state index contributed by atoms with van der Waals surface area (Å²) in [6, 6.07) is 9.56. The number of aliphatic hydroxyl groups is 1. The highest BCUT2D eigenvalue weighted by Gasteiger charge is 2.14. The number of β-amino-alcohol motifs (C(OH)–C–C–N with tert-alkyl or cyclic N) is 1. The molecular formula is C18H25N3O2S. The van der Waals surface area contributed by atoms with Crippen molar-refractivity contribution < 1.29 is 9.84 Å². The van der Waals surface area contributed by atoms with Crippen molar-refractivity contribution in [1.29, 1.82) is 0 Å². The molecule has 0 spiro atoms. The lowest BCUT2D eigenvalue weighted by atomic mass is 10.1. The molecule has 0 bridgehead atoms. The molecule has 0 radical (unpaired) electrons. The maximum Gasteiger partial charge on any atom is 0.129 e. The van der Waals surface area contributed by atoms with E-state index >= 15 is 0 Å². The summed E-state index contributed by atoms with van der Waals surface area (Å²) in [6.45, 7) is 8.86. The number of benzene rings is 1. The molecule has 1 aromatic carbocycles. The zero-order valence-corrected chi connectivity index (χ0v) is 15.4. The van der Waals surface area contributed by atoms with Crippen molar-refractivity contribution in [2.75, 3.05) is 13.2 Å². The normalized spacial score (nSPS) is 12.9. The van der Waals surface area contributed by atoms with Gasteiger partial charge in [0.15, 0.2) is 0 Å². The van der Waals surface area contributed by atoms with Gasteiger partial charge in [0.2, 0.25) is 0 Å². The Balaban J connectivity index is 2.10. The number of nitrogens with one attached hydrogen (secondary N) is 2. The molecule has 0 saturated carbocycles. The smallest absolute Gasteiger partial charge is 0.129 e. The lowest BCUT2D eigenvalue weighted by Crippen LogP contribution is -2.42. The quantitative estimate of drug-likeness (QED) is 0.700. The number of aromatic nitrogens is 2. The van der Waals surface area contributed by atoms with Gasteiger partial charge in [-0.2, -0.15) is 5.10 Å². The number of hydrogen-bond acceptors (Lipinski definition) is 5. The molecule has 24 heavy (non-hydrogen) atoms. The molecule has 1 atom stereocenters. The van der Waals surface area contributed by atoms with E-state index in [1.54, 1.807) is 6.07 Å². The van der Waals surface area contributed by atoms with Crippen molar-refractivity contribution in [3.63, 3.8) is 0 Å². The molecule has 0 fully saturated rings. The average Bonchev–Trinajstić information content (AvgIpc) is 2.51. The monoisotopic (exact) mass is 347 g/mol. The predicted octanol–water partition coefficient (Wildman–Crippen LogP) is 3.24. The number of aryl methyl sites for hydroxylation is 1. The van der Waals surface area contributed by atoms with Crippen LogP contribution in [0.5, 0.6) is 5.75 Å². The second kappa shape index (κ2) is 7.88. The molecule has 0 aliphatic heterocycles. The largest absolute Gasteiger partial charge is 0.490 e. The van der Waals surface area contributed by atoms with Gasteiger partial charge in [-0.1, -0.05) is 18.3 Å². The third kappa shape index (κ3) is 5.70. The van der Waals surface area contributed by atoms with E-state index in [1.807, 2.05) is 31.2 Å². The molecular weight excluding hydrogens is 322 g/mol. The van der Waals surface area contributed by atoms with Gasteiger partial charge in [0.25, 0.3) is 0 Å². The van der Waals surface area contributed by atoms with Gasteiger partial charge >= 0.3 is 0 Å². The Morgan fingerprint density at radius 1 is 1.29 bits per heavy atom. The molecule has 6 heteroatoms. The molecule has 3 N–H and O–H groups in total. The van der Waals surface area contributed by atoms with E-state index < -0.39 is 6.10 Å². The van der Waals surface area contributed by atoms with E-state index in [0.717, 1.165) is 16.8 Å². The zero-order chi connectivity index (χ0) is 17.7. The summed E-state index contributed by atoms with van der Waals surface area (Å²) in [4.78, 5) is 0. The molecule has 5 nitrogen and oxygen atoms in total. The van der Waals surface area contributed by atoms with E-state index in [-0.39, 0.29) is 12.1 Å². The van der Waals surface area contributed by atoms with Crippen LogP contribution in [0.3, 0.4) is 0 Å². The third-order valence-electron chi connectivity index (χ3n) is 3.39. The molecule has 130 valence electrons. The Morgan fingerprint density at radius 3 is 2.67 bits per heavy atom. The van der Waals surface area contributed by atoms with Gasteiger partial charge in [0.1, 0.15) is 23.1 Å². The molecule has 1 heterocycles. The number of nitrogens with zero attached hydrogens (tertiary/aromatic N) is 1. The molecule has 1 aromatic heterocycles. The van der Waals surface area contributed by atoms with Crippen LogP contribution >= 0.6 is 12.2 Å². The van der Waals surface area contributed by atoms with Crippen molar-refractivity contribution in [3.8, 4) is 17.0 Å². The summed E-state index contributed by atoms with van der Waals surface area (Å²) in [5.41, 5.74) is 2.66. The van der Waals surface area contributed by atoms with Crippen molar-refractivity contribution in [2.45, 2.75) is 39.3 Å². The van der Waals surface area contributed by atoms with E-state index in [4.69, 9.17) is 17.0 Å². The fraction of sp³-hybridized carbons (Fsp3) is 0.444. The minimum atomic E-state index is -0.591. The summed E-state index contributed by atoms with van der Waals surface area (Å²) in [7, 11) is 0. The highest BCUT2D eigenvalue weighted by molar-refractivity contribution is 7.71. The van der Waals surface area contributed by atoms with Crippen LogP contribution in [-0.2, 0) is 0 Å². The van der Waals surface area contributed by atoms with Gasteiger partial charge in [-0.15, -0.1) is 0 Å². The molecule has 2 rings (SSSR count). The maximum atomic E-state index is 10.1. The summed E-state index contributed by atoms with van der Waals surface area (Å²) in [6.07, 6.45) is -0.591. The summed E-state index contributed by atoms with van der Waals surface area (Å²) < 4.78 is 6.44.